The number of aliphatic imine (C=N–C) groups is 1. The van der Waals surface area contributed by atoms with Gasteiger partial charge in [0.1, 0.15) is 0 Å². The SMILES string of the molecule is O=C=NC[C@H]1CCCO1. The van der Waals surface area contributed by atoms with E-state index in [0.717, 1.165) is 19.4 Å². The van der Waals surface area contributed by atoms with Gasteiger partial charge in [-0.05, 0) is 12.8 Å². The molecule has 0 unspecified atom stereocenters. The van der Waals surface area contributed by atoms with E-state index in [4.69, 9.17) is 4.74 Å². The van der Waals surface area contributed by atoms with Crippen LogP contribution < -0.4 is 0 Å². The molecular weight excluding hydrogens is 118 g/mol. The van der Waals surface area contributed by atoms with Gasteiger partial charge in [-0.2, -0.15) is 0 Å². The second-order valence-electron chi connectivity index (χ2n) is 2.07. The van der Waals surface area contributed by atoms with Gasteiger partial charge in [0.05, 0.1) is 12.6 Å². The first kappa shape index (κ1) is 6.46. The first-order valence-electron chi connectivity index (χ1n) is 3.08. The van der Waals surface area contributed by atoms with Crippen molar-refractivity contribution < 1.29 is 9.53 Å². The Morgan fingerprint density at radius 1 is 1.78 bits per heavy atom. The summed E-state index contributed by atoms with van der Waals surface area (Å²) in [5.74, 6) is 0. The first-order chi connectivity index (χ1) is 4.43. The van der Waals surface area contributed by atoms with Gasteiger partial charge >= 0.3 is 0 Å². The molecular formula is C6H9NO2. The molecule has 1 saturated heterocycles. The zero-order valence-electron chi connectivity index (χ0n) is 5.17. The number of nitrogens with zero attached hydrogens (tertiary/aromatic N) is 1. The predicted molar refractivity (Wildman–Crippen MR) is 32.0 cm³/mol. The van der Waals surface area contributed by atoms with E-state index < -0.39 is 0 Å². The Bertz CT molecular complexity index is 123. The normalized spacial score (nSPS) is 25.6. The van der Waals surface area contributed by atoms with E-state index in [-0.39, 0.29) is 6.10 Å². The van der Waals surface area contributed by atoms with Crippen LogP contribution in [-0.4, -0.2) is 25.3 Å². The van der Waals surface area contributed by atoms with E-state index in [0.29, 0.717) is 6.54 Å². The van der Waals surface area contributed by atoms with Crippen molar-refractivity contribution in [1.82, 2.24) is 0 Å². The van der Waals surface area contributed by atoms with Crippen molar-refractivity contribution in [3.05, 3.63) is 0 Å². The fraction of sp³-hybridized carbons (Fsp3) is 0.833. The van der Waals surface area contributed by atoms with Gasteiger partial charge in [-0.25, -0.2) is 9.79 Å². The van der Waals surface area contributed by atoms with Crippen molar-refractivity contribution >= 4 is 6.08 Å². The van der Waals surface area contributed by atoms with Crippen molar-refractivity contribution in [2.24, 2.45) is 4.99 Å². The molecule has 0 aliphatic carbocycles. The summed E-state index contributed by atoms with van der Waals surface area (Å²) in [6, 6.07) is 0. The zero-order valence-corrected chi connectivity index (χ0v) is 5.17. The summed E-state index contributed by atoms with van der Waals surface area (Å²) in [5.41, 5.74) is 0. The van der Waals surface area contributed by atoms with Crippen LogP contribution in [0, 0.1) is 0 Å². The second kappa shape index (κ2) is 3.38. The Kier molecular flexibility index (Phi) is 2.43. The Hall–Kier alpha value is -0.660. The molecule has 1 fully saturated rings. The molecule has 3 heteroatoms. The smallest absolute Gasteiger partial charge is 0.235 e. The zero-order chi connectivity index (χ0) is 6.53. The maximum atomic E-state index is 9.61. The highest BCUT2D eigenvalue weighted by Gasteiger charge is 2.13. The molecule has 1 atom stereocenters. The van der Waals surface area contributed by atoms with Crippen molar-refractivity contribution in [3.63, 3.8) is 0 Å². The predicted octanol–water partition coefficient (Wildman–Crippen LogP) is 0.501. The Labute approximate surface area is 53.7 Å². The summed E-state index contributed by atoms with van der Waals surface area (Å²) in [4.78, 5) is 13.0. The molecule has 1 heterocycles. The number of isocyanates is 1. The van der Waals surface area contributed by atoms with Crippen LogP contribution in [0.4, 0.5) is 0 Å². The fourth-order valence-electron chi connectivity index (χ4n) is 0.927. The van der Waals surface area contributed by atoms with Crippen molar-refractivity contribution in [2.75, 3.05) is 13.2 Å². The third kappa shape index (κ3) is 1.96. The highest BCUT2D eigenvalue weighted by Crippen LogP contribution is 2.11. The summed E-state index contributed by atoms with van der Waals surface area (Å²) >= 11 is 0. The van der Waals surface area contributed by atoms with Crippen LogP contribution in [0.15, 0.2) is 4.99 Å². The van der Waals surface area contributed by atoms with Crippen molar-refractivity contribution in [2.45, 2.75) is 18.9 Å². The fourth-order valence-corrected chi connectivity index (χ4v) is 0.927. The van der Waals surface area contributed by atoms with E-state index in [2.05, 4.69) is 4.99 Å². The van der Waals surface area contributed by atoms with Gasteiger partial charge in [0.2, 0.25) is 6.08 Å². The quantitative estimate of drug-likeness (QED) is 0.400. The van der Waals surface area contributed by atoms with E-state index >= 15 is 0 Å². The molecule has 50 valence electrons. The molecule has 0 N–H and O–H groups in total. The molecule has 0 radical (unpaired) electrons. The highest BCUT2D eigenvalue weighted by molar-refractivity contribution is 5.32. The summed E-state index contributed by atoms with van der Waals surface area (Å²) in [6.45, 7) is 1.31. The lowest BCUT2D eigenvalue weighted by Crippen LogP contribution is -2.08. The Morgan fingerprint density at radius 2 is 2.67 bits per heavy atom. The van der Waals surface area contributed by atoms with Gasteiger partial charge in [0, 0.05) is 6.61 Å². The monoisotopic (exact) mass is 127 g/mol. The number of ether oxygens (including phenoxy) is 1. The molecule has 1 rings (SSSR count). The lowest BCUT2D eigenvalue weighted by molar-refractivity contribution is 0.118. The van der Waals surface area contributed by atoms with Crippen molar-refractivity contribution in [1.29, 1.82) is 0 Å². The number of carbonyl (C=O) groups excluding carboxylic acids is 1. The minimum atomic E-state index is 0.187. The third-order valence-electron chi connectivity index (χ3n) is 1.38. The van der Waals surface area contributed by atoms with Gasteiger partial charge in [0.15, 0.2) is 0 Å². The summed E-state index contributed by atoms with van der Waals surface area (Å²) in [5, 5.41) is 0. The van der Waals surface area contributed by atoms with Gasteiger partial charge in [-0.3, -0.25) is 0 Å². The van der Waals surface area contributed by atoms with E-state index in [9.17, 15) is 4.79 Å². The standard InChI is InChI=1S/C6H9NO2/c8-5-7-4-6-2-1-3-9-6/h6H,1-4H2/t6-/m1/s1. The van der Waals surface area contributed by atoms with Gasteiger partial charge < -0.3 is 4.74 Å². The van der Waals surface area contributed by atoms with Gasteiger partial charge in [0.25, 0.3) is 0 Å². The maximum absolute atomic E-state index is 9.61. The van der Waals surface area contributed by atoms with Crippen molar-refractivity contribution in [3.8, 4) is 0 Å². The lowest BCUT2D eigenvalue weighted by Gasteiger charge is -2.00. The largest absolute Gasteiger partial charge is 0.376 e. The van der Waals surface area contributed by atoms with Gasteiger partial charge in [-0.15, -0.1) is 0 Å². The molecule has 0 amide bonds. The highest BCUT2D eigenvalue weighted by atomic mass is 16.5. The van der Waals surface area contributed by atoms with Crippen LogP contribution in [0.2, 0.25) is 0 Å². The number of hydrogen-bond donors (Lipinski definition) is 0. The minimum absolute atomic E-state index is 0.187. The van der Waals surface area contributed by atoms with Crippen LogP contribution in [-0.2, 0) is 9.53 Å². The van der Waals surface area contributed by atoms with E-state index in [1.807, 2.05) is 0 Å². The van der Waals surface area contributed by atoms with Crippen LogP contribution in [0.1, 0.15) is 12.8 Å². The summed E-state index contributed by atoms with van der Waals surface area (Å²) in [6.07, 6.45) is 3.81. The molecule has 0 bridgehead atoms. The topological polar surface area (TPSA) is 38.7 Å². The summed E-state index contributed by atoms with van der Waals surface area (Å²) in [7, 11) is 0. The Morgan fingerprint density at radius 3 is 3.22 bits per heavy atom. The molecule has 0 spiro atoms. The minimum Gasteiger partial charge on any atom is -0.376 e. The average Bonchev–Trinajstić information content (AvgIpc) is 2.34. The molecule has 0 saturated carbocycles. The van der Waals surface area contributed by atoms with Crippen LogP contribution in [0.5, 0.6) is 0 Å². The van der Waals surface area contributed by atoms with Crippen LogP contribution in [0.25, 0.3) is 0 Å². The molecule has 0 aromatic carbocycles. The lowest BCUT2D eigenvalue weighted by atomic mass is 10.2. The van der Waals surface area contributed by atoms with E-state index in [1.165, 1.54) is 6.08 Å². The molecule has 3 nitrogen and oxygen atoms in total. The van der Waals surface area contributed by atoms with Crippen LogP contribution >= 0.6 is 0 Å². The second-order valence-corrected chi connectivity index (χ2v) is 2.07. The molecule has 0 aromatic rings. The van der Waals surface area contributed by atoms with Gasteiger partial charge in [-0.1, -0.05) is 0 Å². The molecule has 1 aliphatic rings. The van der Waals surface area contributed by atoms with E-state index in [1.54, 1.807) is 0 Å². The Balaban J connectivity index is 2.18. The number of hydrogen-bond acceptors (Lipinski definition) is 3. The first-order valence-corrected chi connectivity index (χ1v) is 3.08. The average molecular weight is 127 g/mol. The molecule has 0 aromatic heterocycles. The number of rotatable bonds is 2. The third-order valence-corrected chi connectivity index (χ3v) is 1.38. The summed E-state index contributed by atoms with van der Waals surface area (Å²) < 4.78 is 5.18. The molecule has 1 aliphatic heterocycles. The van der Waals surface area contributed by atoms with Crippen LogP contribution in [0.3, 0.4) is 0 Å². The maximum Gasteiger partial charge on any atom is 0.235 e. The molecule has 9 heavy (non-hydrogen) atoms.